The van der Waals surface area contributed by atoms with Crippen molar-refractivity contribution in [2.75, 3.05) is 53.5 Å². The number of piperidine rings is 1. The number of nitrogens with one attached hydrogen (secondary N) is 1. The molecule has 1 saturated heterocycles. The predicted molar refractivity (Wildman–Crippen MR) is 180 cm³/mol. The molecule has 1 aliphatic heterocycles. The number of likely N-dealkylation sites (N-methyl/N-ethyl adjacent to an activating group) is 1. The van der Waals surface area contributed by atoms with Gasteiger partial charge < -0.3 is 44.9 Å². The summed E-state index contributed by atoms with van der Waals surface area (Å²) in [6.45, 7) is 4.82. The third-order valence-corrected chi connectivity index (χ3v) is 14.2. The number of amides is 2. The highest BCUT2D eigenvalue weighted by Crippen LogP contribution is 2.80. The van der Waals surface area contributed by atoms with Gasteiger partial charge in [-0.2, -0.15) is 0 Å². The summed E-state index contributed by atoms with van der Waals surface area (Å²) in [6, 6.07) is 6.16. The van der Waals surface area contributed by atoms with E-state index >= 15 is 0 Å². The number of nitrogens with two attached hydrogens (primary N) is 1. The van der Waals surface area contributed by atoms with Crippen molar-refractivity contribution in [2.24, 2.45) is 46.2 Å². The summed E-state index contributed by atoms with van der Waals surface area (Å²) in [7, 11) is 6.69. The van der Waals surface area contributed by atoms with Crippen LogP contribution in [-0.4, -0.2) is 123 Å². The lowest BCUT2D eigenvalue weighted by molar-refractivity contribution is -0.320. The molecule has 0 radical (unpaired) electrons. The lowest BCUT2D eigenvalue weighted by atomic mass is 9.42. The van der Waals surface area contributed by atoms with Gasteiger partial charge in [0.25, 0.3) is 0 Å². The molecule has 5 N–H and O–H groups in total. The Hall–Kier alpha value is -2.65. The fourth-order valence-corrected chi connectivity index (χ4v) is 12.6. The minimum absolute atomic E-state index is 0.0405. The van der Waals surface area contributed by atoms with Crippen LogP contribution >= 0.6 is 0 Å². The van der Waals surface area contributed by atoms with E-state index in [1.165, 1.54) is 0 Å². The average molecular weight is 700 g/mol. The number of aliphatic hydroxyl groups is 2. The van der Waals surface area contributed by atoms with Gasteiger partial charge in [-0.3, -0.25) is 14.5 Å². The number of methoxy groups -OCH3 is 4. The molecule has 7 rings (SSSR count). The Bertz CT molecular complexity index is 1530. The number of esters is 1. The number of hydrogen-bond donors (Lipinski definition) is 4. The van der Waals surface area contributed by atoms with Gasteiger partial charge >= 0.3 is 5.97 Å². The normalized spacial score (nSPS) is 44.4. The maximum Gasteiger partial charge on any atom is 0.340 e. The van der Waals surface area contributed by atoms with E-state index in [9.17, 15) is 24.6 Å². The molecule has 1 heterocycles. The molecule has 14 atom stereocenters. The Kier molecular flexibility index (Phi) is 8.93. The van der Waals surface area contributed by atoms with Crippen molar-refractivity contribution in [3.63, 3.8) is 0 Å². The minimum Gasteiger partial charge on any atom is -0.461 e. The molecule has 13 nitrogen and oxygen atoms in total. The van der Waals surface area contributed by atoms with E-state index < -0.39 is 57.9 Å². The summed E-state index contributed by atoms with van der Waals surface area (Å²) in [6.07, 6.45) is 0.591. The van der Waals surface area contributed by atoms with Crippen LogP contribution in [0.2, 0.25) is 0 Å². The second-order valence-electron chi connectivity index (χ2n) is 15.9. The summed E-state index contributed by atoms with van der Waals surface area (Å²) < 4.78 is 31.3. The zero-order chi connectivity index (χ0) is 36.0. The van der Waals surface area contributed by atoms with Crippen LogP contribution in [0, 0.1) is 40.4 Å². The second-order valence-corrected chi connectivity index (χ2v) is 15.9. The van der Waals surface area contributed by atoms with Gasteiger partial charge in [0.1, 0.15) is 11.2 Å². The molecular weight excluding hydrogens is 646 g/mol. The van der Waals surface area contributed by atoms with Gasteiger partial charge in [0.15, 0.2) is 0 Å². The quantitative estimate of drug-likeness (QED) is 0.233. The van der Waals surface area contributed by atoms with E-state index in [0.717, 1.165) is 6.42 Å². The number of ether oxygens (including phenoxy) is 5. The van der Waals surface area contributed by atoms with E-state index in [-0.39, 0.29) is 72.7 Å². The molecule has 0 aromatic heterocycles. The highest BCUT2D eigenvalue weighted by Gasteiger charge is 2.91. The fraction of sp³-hybridized carbons (Fsp3) is 0.757. The minimum atomic E-state index is -1.70. The van der Waals surface area contributed by atoms with Crippen LogP contribution in [0.4, 0.5) is 5.69 Å². The Morgan fingerprint density at radius 2 is 1.82 bits per heavy atom. The first-order valence-corrected chi connectivity index (χ1v) is 18.0. The summed E-state index contributed by atoms with van der Waals surface area (Å²) >= 11 is 0. The number of para-hydroxylation sites is 1. The van der Waals surface area contributed by atoms with E-state index in [4.69, 9.17) is 29.4 Å². The van der Waals surface area contributed by atoms with Crippen LogP contribution in [0.3, 0.4) is 0 Å². The molecule has 1 aromatic carbocycles. The first-order valence-electron chi connectivity index (χ1n) is 18.0. The van der Waals surface area contributed by atoms with E-state index in [1.54, 1.807) is 59.6 Å². The lowest BCUT2D eigenvalue weighted by Gasteiger charge is -2.70. The zero-order valence-corrected chi connectivity index (χ0v) is 29.9. The maximum absolute atomic E-state index is 13.9. The summed E-state index contributed by atoms with van der Waals surface area (Å²) in [5, 5.41) is 29.3. The molecular formula is C37H53N3O10. The monoisotopic (exact) mass is 699 g/mol. The number of nitrogens with zero attached hydrogens (tertiary/aromatic N) is 1. The van der Waals surface area contributed by atoms with Crippen molar-refractivity contribution in [1.82, 2.24) is 4.90 Å². The molecule has 276 valence electrons. The first-order chi connectivity index (χ1) is 23.8. The molecule has 1 aromatic rings. The molecule has 13 heteroatoms. The van der Waals surface area contributed by atoms with Gasteiger partial charge in [0.05, 0.1) is 48.3 Å². The van der Waals surface area contributed by atoms with Gasteiger partial charge in [0.2, 0.25) is 11.8 Å². The Labute approximate surface area is 293 Å². The Morgan fingerprint density at radius 3 is 2.46 bits per heavy atom. The fourth-order valence-electron chi connectivity index (χ4n) is 12.6. The van der Waals surface area contributed by atoms with Gasteiger partial charge in [-0.15, -0.1) is 0 Å². The van der Waals surface area contributed by atoms with Gasteiger partial charge in [0, 0.05) is 82.3 Å². The number of primary amides is 1. The maximum atomic E-state index is 13.9. The van der Waals surface area contributed by atoms with Crippen molar-refractivity contribution < 1.29 is 48.3 Å². The second kappa shape index (κ2) is 12.5. The summed E-state index contributed by atoms with van der Waals surface area (Å²) in [5.74, 6) is -3.01. The third kappa shape index (κ3) is 4.46. The highest BCUT2D eigenvalue weighted by atomic mass is 16.5. The number of hydrogen-bond acceptors (Lipinski definition) is 11. The molecule has 2 amide bonds. The molecule has 7 bridgehead atoms. The van der Waals surface area contributed by atoms with Gasteiger partial charge in [-0.1, -0.05) is 26.0 Å². The van der Waals surface area contributed by atoms with Crippen LogP contribution in [0.5, 0.6) is 0 Å². The van der Waals surface area contributed by atoms with Crippen LogP contribution in [-0.2, 0) is 33.3 Å². The largest absolute Gasteiger partial charge is 0.461 e. The molecule has 14 unspecified atom stereocenters. The number of likely N-dealkylation sites (tertiary alicyclic amines) is 1. The topological polar surface area (TPSA) is 179 Å². The van der Waals surface area contributed by atoms with Gasteiger partial charge in [-0.25, -0.2) is 4.79 Å². The molecule has 6 aliphatic rings. The molecule has 6 fully saturated rings. The summed E-state index contributed by atoms with van der Waals surface area (Å²) in [5.41, 5.74) is 1.27. The van der Waals surface area contributed by atoms with Crippen molar-refractivity contribution in [1.29, 1.82) is 0 Å². The Morgan fingerprint density at radius 1 is 1.08 bits per heavy atom. The van der Waals surface area contributed by atoms with E-state index in [2.05, 4.69) is 17.1 Å². The van der Waals surface area contributed by atoms with Gasteiger partial charge in [-0.05, 0) is 43.9 Å². The smallest absolute Gasteiger partial charge is 0.340 e. The van der Waals surface area contributed by atoms with Crippen LogP contribution in [0.1, 0.15) is 56.3 Å². The summed E-state index contributed by atoms with van der Waals surface area (Å²) in [4.78, 5) is 40.5. The van der Waals surface area contributed by atoms with Crippen molar-refractivity contribution in [2.45, 2.75) is 87.6 Å². The van der Waals surface area contributed by atoms with Crippen molar-refractivity contribution >= 4 is 23.5 Å². The predicted octanol–water partition coefficient (Wildman–Crippen LogP) is 1.59. The molecule has 50 heavy (non-hydrogen) atoms. The van der Waals surface area contributed by atoms with Crippen LogP contribution < -0.4 is 11.1 Å². The number of fused-ring (bicyclic) bond motifs is 2. The highest BCUT2D eigenvalue weighted by molar-refractivity contribution is 6.02. The average Bonchev–Trinajstić information content (AvgIpc) is 3.52. The standard InChI is InChI=1S/C37H53N3O10/c1-7-40-17-34(18-50-32(43)20-10-8-9-11-23(20)39-26(41)14-19(2)31(38)42)13-12-25(47-4)36-22-15-21-24(46-3)16-35(44,27(22)28(21)48-5)37(45,33(36)40)30(49-6)29(34)36/h8-11,19,21-22,24-25,27-30,33,44-45H,7,12-18H2,1-6H3,(H2,38,42)(H,39,41). The number of anilines is 1. The number of carbonyl (C=O) groups excluding carboxylic acids is 3. The van der Waals surface area contributed by atoms with E-state index in [1.807, 2.05) is 0 Å². The van der Waals surface area contributed by atoms with Crippen LogP contribution in [0.25, 0.3) is 0 Å². The SMILES string of the molecule is CCN1CC2(COC(=O)c3ccccc3NC(=O)CC(C)C(N)=O)CCC(OC)C34C5CC6C(OC)CC(O)(C5C6OC)C(O)(C(OC)C23)C14. The number of benzene rings is 1. The number of carbonyl (C=O) groups is 3. The zero-order valence-electron chi connectivity index (χ0n) is 29.9. The van der Waals surface area contributed by atoms with Crippen molar-refractivity contribution in [3.05, 3.63) is 29.8 Å². The van der Waals surface area contributed by atoms with Crippen LogP contribution in [0.15, 0.2) is 24.3 Å². The molecule has 1 spiro atoms. The van der Waals surface area contributed by atoms with E-state index in [0.29, 0.717) is 25.9 Å². The first kappa shape index (κ1) is 35.7. The number of rotatable bonds is 12. The molecule has 5 saturated carbocycles. The lowest BCUT2D eigenvalue weighted by Crippen LogP contribution is -2.82. The Balaban J connectivity index is 1.28. The molecule has 5 aliphatic carbocycles. The third-order valence-electron chi connectivity index (χ3n) is 14.2. The van der Waals surface area contributed by atoms with Crippen molar-refractivity contribution in [3.8, 4) is 0 Å².